The van der Waals surface area contributed by atoms with Gasteiger partial charge in [0.2, 0.25) is 0 Å². The molecule has 0 bridgehead atoms. The number of imidazole rings is 1. The SMILES string of the molecule is CC(C)c1nc(-c2cnc(N)c(C(F)(F)F)c2)cn1C1[C@H]2CN(CC(F)F)C[C@@H]12. The van der Waals surface area contributed by atoms with E-state index in [-0.39, 0.29) is 35.9 Å². The predicted molar refractivity (Wildman–Crippen MR) is 97.4 cm³/mol. The highest BCUT2D eigenvalue weighted by Crippen LogP contribution is 2.56. The van der Waals surface area contributed by atoms with Gasteiger partial charge in [-0.3, -0.25) is 4.90 Å². The first-order valence-electron chi connectivity index (χ1n) is 9.48. The lowest BCUT2D eigenvalue weighted by molar-refractivity contribution is -0.137. The van der Waals surface area contributed by atoms with Crippen molar-refractivity contribution in [3.05, 3.63) is 29.8 Å². The van der Waals surface area contributed by atoms with Crippen LogP contribution >= 0.6 is 0 Å². The van der Waals surface area contributed by atoms with Gasteiger partial charge in [0, 0.05) is 43.0 Å². The van der Waals surface area contributed by atoms with E-state index in [4.69, 9.17) is 5.73 Å². The Balaban J connectivity index is 1.61. The van der Waals surface area contributed by atoms with Gasteiger partial charge in [0.05, 0.1) is 17.8 Å². The predicted octanol–water partition coefficient (Wildman–Crippen LogP) is 4.04. The second kappa shape index (κ2) is 6.93. The molecule has 0 aromatic carbocycles. The van der Waals surface area contributed by atoms with E-state index >= 15 is 0 Å². The normalized spacial score (nSPS) is 24.5. The van der Waals surface area contributed by atoms with Gasteiger partial charge in [-0.15, -0.1) is 0 Å². The maximum Gasteiger partial charge on any atom is 0.419 e. The monoisotopic (exact) mass is 415 g/mol. The van der Waals surface area contributed by atoms with Crippen molar-refractivity contribution in [2.45, 2.75) is 38.4 Å². The van der Waals surface area contributed by atoms with Crippen LogP contribution in [0.2, 0.25) is 0 Å². The molecule has 2 fully saturated rings. The Morgan fingerprint density at radius 2 is 1.86 bits per heavy atom. The number of aromatic nitrogens is 3. The number of fused-ring (bicyclic) bond motifs is 1. The lowest BCUT2D eigenvalue weighted by Gasteiger charge is -2.20. The Bertz CT molecular complexity index is 895. The molecule has 2 aliphatic rings. The molecule has 2 aromatic rings. The van der Waals surface area contributed by atoms with Crippen LogP contribution in [0, 0.1) is 11.8 Å². The topological polar surface area (TPSA) is 60.0 Å². The van der Waals surface area contributed by atoms with E-state index in [1.807, 2.05) is 18.4 Å². The fourth-order valence-corrected chi connectivity index (χ4v) is 4.39. The summed E-state index contributed by atoms with van der Waals surface area (Å²) in [6, 6.07) is 1.11. The highest BCUT2D eigenvalue weighted by atomic mass is 19.4. The first kappa shape index (κ1) is 20.1. The van der Waals surface area contributed by atoms with Gasteiger partial charge in [-0.2, -0.15) is 13.2 Å². The van der Waals surface area contributed by atoms with Crippen molar-refractivity contribution in [2.75, 3.05) is 25.4 Å². The van der Waals surface area contributed by atoms with Crippen molar-refractivity contribution in [1.29, 1.82) is 0 Å². The Labute approximate surface area is 164 Å². The highest BCUT2D eigenvalue weighted by Gasteiger charge is 2.57. The molecule has 5 nitrogen and oxygen atoms in total. The summed E-state index contributed by atoms with van der Waals surface area (Å²) in [5, 5.41) is 0. The number of pyridine rings is 1. The van der Waals surface area contributed by atoms with Gasteiger partial charge in [0.1, 0.15) is 11.6 Å². The molecule has 1 saturated heterocycles. The minimum Gasteiger partial charge on any atom is -0.383 e. The summed E-state index contributed by atoms with van der Waals surface area (Å²) in [4.78, 5) is 10.0. The molecule has 0 radical (unpaired) electrons. The first-order chi connectivity index (χ1) is 13.6. The summed E-state index contributed by atoms with van der Waals surface area (Å²) < 4.78 is 66.7. The number of nitrogens with zero attached hydrogens (tertiary/aromatic N) is 4. The number of hydrogen-bond acceptors (Lipinski definition) is 4. The van der Waals surface area contributed by atoms with Crippen LogP contribution in [0.1, 0.15) is 37.2 Å². The number of likely N-dealkylation sites (tertiary alicyclic amines) is 1. The molecule has 3 atom stereocenters. The van der Waals surface area contributed by atoms with E-state index in [1.165, 1.54) is 6.20 Å². The molecular weight excluding hydrogens is 393 g/mol. The van der Waals surface area contributed by atoms with Crippen LogP contribution in [0.3, 0.4) is 0 Å². The number of nitrogens with two attached hydrogens (primary N) is 1. The van der Waals surface area contributed by atoms with Crippen molar-refractivity contribution in [3.63, 3.8) is 0 Å². The maximum atomic E-state index is 13.2. The fraction of sp³-hybridized carbons (Fsp3) is 0.579. The summed E-state index contributed by atoms with van der Waals surface area (Å²) in [6.45, 7) is 4.92. The largest absolute Gasteiger partial charge is 0.419 e. The van der Waals surface area contributed by atoms with Crippen LogP contribution in [0.15, 0.2) is 18.5 Å². The maximum absolute atomic E-state index is 13.2. The van der Waals surface area contributed by atoms with Crippen molar-refractivity contribution in [3.8, 4) is 11.3 Å². The van der Waals surface area contributed by atoms with Crippen molar-refractivity contribution in [2.24, 2.45) is 11.8 Å². The standard InChI is InChI=1S/C19H22F5N5/c1-9(2)18-27-14(10-3-13(19(22,23)24)17(25)26-4-10)7-29(18)16-11-5-28(6-12(11)16)8-15(20)21/h3-4,7,9,11-12,15-16H,5-6,8H2,1-2H3,(H2,25,26)/t11-,12+,16?. The smallest absolute Gasteiger partial charge is 0.383 e. The molecule has 2 N–H and O–H groups in total. The van der Waals surface area contributed by atoms with Crippen molar-refractivity contribution < 1.29 is 22.0 Å². The summed E-state index contributed by atoms with van der Waals surface area (Å²) in [5.74, 6) is 0.795. The van der Waals surface area contributed by atoms with Crippen LogP contribution in [0.25, 0.3) is 11.3 Å². The molecule has 1 aliphatic carbocycles. The van der Waals surface area contributed by atoms with Gasteiger partial charge < -0.3 is 10.3 Å². The molecule has 10 heteroatoms. The third kappa shape index (κ3) is 3.70. The van der Waals surface area contributed by atoms with Crippen LogP contribution in [-0.2, 0) is 6.18 Å². The molecule has 0 spiro atoms. The molecule has 4 rings (SSSR count). The van der Waals surface area contributed by atoms with Gasteiger partial charge in [-0.05, 0) is 17.9 Å². The van der Waals surface area contributed by atoms with E-state index in [0.29, 0.717) is 18.8 Å². The molecule has 1 saturated carbocycles. The second-order valence-electron chi connectivity index (χ2n) is 8.13. The summed E-state index contributed by atoms with van der Waals surface area (Å²) in [5.41, 5.74) is 5.06. The van der Waals surface area contributed by atoms with Gasteiger partial charge in [-0.25, -0.2) is 18.7 Å². The molecule has 3 heterocycles. The second-order valence-corrected chi connectivity index (χ2v) is 8.13. The van der Waals surface area contributed by atoms with E-state index in [9.17, 15) is 22.0 Å². The third-order valence-corrected chi connectivity index (χ3v) is 5.74. The fourth-order valence-electron chi connectivity index (χ4n) is 4.39. The molecule has 158 valence electrons. The van der Waals surface area contributed by atoms with Crippen LogP contribution in [0.5, 0.6) is 0 Å². The lowest BCUT2D eigenvalue weighted by atomic mass is 10.1. The Hall–Kier alpha value is -2.23. The average molecular weight is 415 g/mol. The number of halogens is 5. The number of hydrogen-bond donors (Lipinski definition) is 1. The Kier molecular flexibility index (Phi) is 4.79. The molecule has 1 aliphatic heterocycles. The summed E-state index contributed by atoms with van der Waals surface area (Å²) in [6.07, 6.45) is -3.90. The van der Waals surface area contributed by atoms with E-state index in [2.05, 4.69) is 9.97 Å². The zero-order chi connectivity index (χ0) is 21.1. The zero-order valence-corrected chi connectivity index (χ0v) is 16.0. The highest BCUT2D eigenvalue weighted by molar-refractivity contribution is 5.62. The average Bonchev–Trinajstić information content (AvgIpc) is 2.96. The quantitative estimate of drug-likeness (QED) is 0.749. The van der Waals surface area contributed by atoms with Gasteiger partial charge in [-0.1, -0.05) is 13.8 Å². The third-order valence-electron chi connectivity index (χ3n) is 5.74. The lowest BCUT2D eigenvalue weighted by Crippen LogP contribution is -2.30. The minimum absolute atomic E-state index is 0.0612. The minimum atomic E-state index is -4.60. The number of piperidine rings is 1. The van der Waals surface area contributed by atoms with E-state index in [0.717, 1.165) is 11.9 Å². The Morgan fingerprint density at radius 3 is 2.41 bits per heavy atom. The Morgan fingerprint density at radius 1 is 1.21 bits per heavy atom. The van der Waals surface area contributed by atoms with E-state index in [1.54, 1.807) is 11.1 Å². The number of rotatable bonds is 5. The van der Waals surface area contributed by atoms with Crippen LogP contribution in [0.4, 0.5) is 27.8 Å². The number of alkyl halides is 5. The summed E-state index contributed by atoms with van der Waals surface area (Å²) in [7, 11) is 0. The van der Waals surface area contributed by atoms with Crippen LogP contribution < -0.4 is 5.73 Å². The van der Waals surface area contributed by atoms with Crippen molar-refractivity contribution in [1.82, 2.24) is 19.4 Å². The number of anilines is 1. The van der Waals surface area contributed by atoms with Gasteiger partial charge in [0.15, 0.2) is 0 Å². The molecular formula is C19H22F5N5. The van der Waals surface area contributed by atoms with Gasteiger partial charge >= 0.3 is 6.18 Å². The zero-order valence-electron chi connectivity index (χ0n) is 16.0. The van der Waals surface area contributed by atoms with Crippen molar-refractivity contribution >= 4 is 5.82 Å². The van der Waals surface area contributed by atoms with E-state index < -0.39 is 24.0 Å². The first-order valence-corrected chi connectivity index (χ1v) is 9.48. The van der Waals surface area contributed by atoms with Gasteiger partial charge in [0.25, 0.3) is 6.43 Å². The molecule has 0 amide bonds. The molecule has 1 unspecified atom stereocenters. The summed E-state index contributed by atoms with van der Waals surface area (Å²) >= 11 is 0. The molecule has 29 heavy (non-hydrogen) atoms. The number of nitrogen functional groups attached to an aromatic ring is 1. The van der Waals surface area contributed by atoms with Crippen LogP contribution in [-0.4, -0.2) is 45.5 Å². The molecule has 2 aromatic heterocycles.